The molecule has 3 N–H and O–H groups in total. The van der Waals surface area contributed by atoms with Gasteiger partial charge in [0.2, 0.25) is 20.0 Å². The van der Waals surface area contributed by atoms with Gasteiger partial charge in [-0.1, -0.05) is 6.07 Å². The van der Waals surface area contributed by atoms with Crippen LogP contribution in [0.3, 0.4) is 0 Å². The summed E-state index contributed by atoms with van der Waals surface area (Å²) in [6.45, 7) is 2.50. The van der Waals surface area contributed by atoms with E-state index in [-0.39, 0.29) is 16.4 Å². The molecule has 20 heavy (non-hydrogen) atoms. The molecule has 1 atom stereocenters. The largest absolute Gasteiger partial charge is 0.379 e. The lowest BCUT2D eigenvalue weighted by Gasteiger charge is -2.23. The monoisotopic (exact) mass is 320 g/mol. The predicted molar refractivity (Wildman–Crippen MR) is 72.0 cm³/mol. The van der Waals surface area contributed by atoms with Crippen LogP contribution in [-0.4, -0.2) is 35.6 Å². The van der Waals surface area contributed by atoms with Crippen molar-refractivity contribution in [2.24, 2.45) is 5.14 Å². The number of rotatable bonds is 4. The van der Waals surface area contributed by atoms with Crippen molar-refractivity contribution in [1.82, 2.24) is 4.72 Å². The number of nitrogens with two attached hydrogens (primary N) is 1. The zero-order chi connectivity index (χ0) is 15.0. The maximum absolute atomic E-state index is 12.3. The summed E-state index contributed by atoms with van der Waals surface area (Å²) in [6.07, 6.45) is 0.557. The standard InChI is InChI=1S/C11H16N2O5S2/c1-11(5-6-18-8-11)13-20(16,17)10-4-2-3-9(7-10)19(12,14)15/h2-4,7,13H,5-6,8H2,1H3,(H2,12,14,15). The van der Waals surface area contributed by atoms with Crippen molar-refractivity contribution < 1.29 is 21.6 Å². The number of ether oxygens (including phenoxy) is 1. The minimum absolute atomic E-state index is 0.142. The molecule has 9 heteroatoms. The van der Waals surface area contributed by atoms with Crippen LogP contribution in [0.1, 0.15) is 13.3 Å². The Hall–Kier alpha value is -1.00. The molecule has 1 heterocycles. The van der Waals surface area contributed by atoms with E-state index in [1.165, 1.54) is 18.2 Å². The summed E-state index contributed by atoms with van der Waals surface area (Å²) in [7, 11) is -7.78. The van der Waals surface area contributed by atoms with Crippen LogP contribution >= 0.6 is 0 Å². The van der Waals surface area contributed by atoms with Gasteiger partial charge in [0.15, 0.2) is 0 Å². The van der Waals surface area contributed by atoms with Gasteiger partial charge in [0.25, 0.3) is 0 Å². The van der Waals surface area contributed by atoms with E-state index in [1.807, 2.05) is 0 Å². The first-order valence-corrected chi connectivity index (χ1v) is 8.90. The van der Waals surface area contributed by atoms with Crippen LogP contribution in [0.25, 0.3) is 0 Å². The molecule has 0 aromatic heterocycles. The van der Waals surface area contributed by atoms with Gasteiger partial charge in [-0.05, 0) is 31.5 Å². The second-order valence-electron chi connectivity index (χ2n) is 4.99. The summed E-state index contributed by atoms with van der Waals surface area (Å²) in [5, 5.41) is 5.00. The third-order valence-corrected chi connectivity index (χ3v) is 5.59. The van der Waals surface area contributed by atoms with E-state index in [0.29, 0.717) is 13.0 Å². The Morgan fingerprint density at radius 3 is 2.45 bits per heavy atom. The Balaban J connectivity index is 2.35. The van der Waals surface area contributed by atoms with Crippen LogP contribution in [0.4, 0.5) is 0 Å². The van der Waals surface area contributed by atoms with Crippen LogP contribution in [0.15, 0.2) is 34.1 Å². The molecule has 1 fully saturated rings. The number of benzene rings is 1. The predicted octanol–water partition coefficient (Wildman–Crippen LogP) is -0.209. The lowest BCUT2D eigenvalue weighted by molar-refractivity contribution is 0.178. The van der Waals surface area contributed by atoms with E-state index >= 15 is 0 Å². The van der Waals surface area contributed by atoms with Gasteiger partial charge >= 0.3 is 0 Å². The Bertz CT molecular complexity index is 706. The van der Waals surface area contributed by atoms with Gasteiger partial charge in [0.05, 0.1) is 21.9 Å². The molecule has 1 saturated heterocycles. The van der Waals surface area contributed by atoms with E-state index < -0.39 is 25.6 Å². The highest BCUT2D eigenvalue weighted by Gasteiger charge is 2.34. The molecule has 0 amide bonds. The Labute approximate surface area is 118 Å². The maximum Gasteiger partial charge on any atom is 0.241 e. The Kier molecular flexibility index (Phi) is 3.91. The molecule has 1 aromatic carbocycles. The molecule has 2 rings (SSSR count). The highest BCUT2D eigenvalue weighted by Crippen LogP contribution is 2.22. The molecule has 1 unspecified atom stereocenters. The van der Waals surface area contributed by atoms with Crippen molar-refractivity contribution in [2.45, 2.75) is 28.7 Å². The summed E-state index contributed by atoms with van der Waals surface area (Å²) < 4.78 is 54.8. The third-order valence-electron chi connectivity index (χ3n) is 3.04. The normalized spacial score (nSPS) is 23.9. The van der Waals surface area contributed by atoms with E-state index in [0.717, 1.165) is 6.07 Å². The fraction of sp³-hybridized carbons (Fsp3) is 0.455. The van der Waals surface area contributed by atoms with Crippen molar-refractivity contribution in [1.29, 1.82) is 0 Å². The van der Waals surface area contributed by atoms with Gasteiger partial charge in [0, 0.05) is 6.61 Å². The fourth-order valence-electron chi connectivity index (χ4n) is 1.95. The average molecular weight is 320 g/mol. The lowest BCUT2D eigenvalue weighted by Crippen LogP contribution is -2.46. The van der Waals surface area contributed by atoms with E-state index in [9.17, 15) is 16.8 Å². The first-order valence-electron chi connectivity index (χ1n) is 5.87. The molecule has 7 nitrogen and oxygen atoms in total. The first kappa shape index (κ1) is 15.4. The van der Waals surface area contributed by atoms with E-state index in [1.54, 1.807) is 6.92 Å². The molecule has 0 radical (unpaired) electrons. The Morgan fingerprint density at radius 1 is 1.25 bits per heavy atom. The van der Waals surface area contributed by atoms with E-state index in [4.69, 9.17) is 9.88 Å². The molecule has 1 aliphatic heterocycles. The zero-order valence-corrected chi connectivity index (χ0v) is 12.5. The van der Waals surface area contributed by atoms with Crippen LogP contribution in [0.5, 0.6) is 0 Å². The summed E-state index contributed by atoms with van der Waals surface area (Å²) in [5.74, 6) is 0. The highest BCUT2D eigenvalue weighted by atomic mass is 32.2. The second kappa shape index (κ2) is 5.08. The Morgan fingerprint density at radius 2 is 1.90 bits per heavy atom. The number of hydrogen-bond donors (Lipinski definition) is 2. The molecule has 0 saturated carbocycles. The number of primary sulfonamides is 1. The van der Waals surface area contributed by atoms with Gasteiger partial charge in [0.1, 0.15) is 0 Å². The average Bonchev–Trinajstić information content (AvgIpc) is 2.74. The highest BCUT2D eigenvalue weighted by molar-refractivity contribution is 7.90. The molecule has 1 aliphatic rings. The third kappa shape index (κ3) is 3.36. The van der Waals surface area contributed by atoms with Crippen molar-refractivity contribution in [3.63, 3.8) is 0 Å². The fourth-order valence-corrected chi connectivity index (χ4v) is 4.05. The molecule has 1 aromatic rings. The summed E-state index contributed by atoms with van der Waals surface area (Å²) in [5.41, 5.74) is -0.684. The summed E-state index contributed by atoms with van der Waals surface area (Å²) in [6, 6.07) is 4.93. The van der Waals surface area contributed by atoms with Crippen LogP contribution in [0, 0.1) is 0 Å². The summed E-state index contributed by atoms with van der Waals surface area (Å²) in [4.78, 5) is -0.384. The van der Waals surface area contributed by atoms with Gasteiger partial charge in [-0.15, -0.1) is 0 Å². The van der Waals surface area contributed by atoms with Crippen molar-refractivity contribution in [2.75, 3.05) is 13.2 Å². The lowest BCUT2D eigenvalue weighted by atomic mass is 10.0. The van der Waals surface area contributed by atoms with Crippen LogP contribution in [-0.2, 0) is 24.8 Å². The second-order valence-corrected chi connectivity index (χ2v) is 8.23. The van der Waals surface area contributed by atoms with Gasteiger partial charge in [-0.3, -0.25) is 0 Å². The minimum atomic E-state index is -3.94. The van der Waals surface area contributed by atoms with Gasteiger partial charge < -0.3 is 4.74 Å². The molecular weight excluding hydrogens is 304 g/mol. The maximum atomic E-state index is 12.3. The zero-order valence-electron chi connectivity index (χ0n) is 10.9. The van der Waals surface area contributed by atoms with Crippen LogP contribution < -0.4 is 9.86 Å². The SMILES string of the molecule is CC1(NS(=O)(=O)c2cccc(S(N)(=O)=O)c2)CCOC1. The molecule has 0 bridgehead atoms. The number of nitrogens with one attached hydrogen (secondary N) is 1. The minimum Gasteiger partial charge on any atom is -0.379 e. The molecule has 0 spiro atoms. The van der Waals surface area contributed by atoms with Crippen molar-refractivity contribution >= 4 is 20.0 Å². The van der Waals surface area contributed by atoms with Crippen molar-refractivity contribution in [3.8, 4) is 0 Å². The van der Waals surface area contributed by atoms with Gasteiger partial charge in [-0.2, -0.15) is 0 Å². The number of sulfonamides is 2. The first-order chi connectivity index (χ1) is 9.12. The topological polar surface area (TPSA) is 116 Å². The summed E-state index contributed by atoms with van der Waals surface area (Å²) >= 11 is 0. The van der Waals surface area contributed by atoms with E-state index in [2.05, 4.69) is 4.72 Å². The molecular formula is C11H16N2O5S2. The van der Waals surface area contributed by atoms with Gasteiger partial charge in [-0.25, -0.2) is 26.7 Å². The smallest absolute Gasteiger partial charge is 0.241 e. The quantitative estimate of drug-likeness (QED) is 0.796. The number of hydrogen-bond acceptors (Lipinski definition) is 5. The molecule has 0 aliphatic carbocycles. The van der Waals surface area contributed by atoms with Crippen LogP contribution in [0.2, 0.25) is 0 Å². The molecule has 112 valence electrons. The van der Waals surface area contributed by atoms with Crippen molar-refractivity contribution in [3.05, 3.63) is 24.3 Å².